The van der Waals surface area contributed by atoms with Gasteiger partial charge in [0.05, 0.1) is 11.0 Å². The predicted octanol–water partition coefficient (Wildman–Crippen LogP) is 14.9. The number of nitrogens with zero attached hydrogens (tertiary/aromatic N) is 1. The molecule has 1 heteroatoms. The standard InChI is InChI=1S/C54H35N/c1-4-17-36(18-5-1)39-33-40(44-29-16-22-37-19-10-11-25-43(37)44)35-41(34-39)51-46-27-12-13-28-47(46)52(38-20-6-2-7-21-38)53-49(51)32-31-48-45-26-14-15-30-50(45)55(54(48)53)42-23-8-3-9-24-42/h1-35H. The van der Waals surface area contributed by atoms with Crippen LogP contribution < -0.4 is 0 Å². The Hall–Kier alpha value is -7.22. The second-order valence-electron chi connectivity index (χ2n) is 14.4. The molecule has 0 N–H and O–H groups in total. The predicted molar refractivity (Wildman–Crippen MR) is 235 cm³/mol. The molecule has 55 heavy (non-hydrogen) atoms. The van der Waals surface area contributed by atoms with Gasteiger partial charge in [-0.25, -0.2) is 0 Å². The molecule has 0 saturated heterocycles. The molecule has 0 aliphatic rings. The third kappa shape index (κ3) is 5.01. The van der Waals surface area contributed by atoms with E-state index in [1.165, 1.54) is 98.6 Å². The van der Waals surface area contributed by atoms with E-state index >= 15 is 0 Å². The van der Waals surface area contributed by atoms with Crippen LogP contribution in [0.2, 0.25) is 0 Å². The van der Waals surface area contributed by atoms with Gasteiger partial charge in [0, 0.05) is 21.8 Å². The Morgan fingerprint density at radius 3 is 1.60 bits per heavy atom. The topological polar surface area (TPSA) is 4.93 Å². The maximum Gasteiger partial charge on any atom is 0.0626 e. The number of hydrogen-bond acceptors (Lipinski definition) is 0. The van der Waals surface area contributed by atoms with Gasteiger partial charge < -0.3 is 4.57 Å². The van der Waals surface area contributed by atoms with Crippen LogP contribution in [-0.4, -0.2) is 4.57 Å². The lowest BCUT2D eigenvalue weighted by Gasteiger charge is -2.21. The van der Waals surface area contributed by atoms with Crippen molar-refractivity contribution in [2.75, 3.05) is 0 Å². The van der Waals surface area contributed by atoms with Gasteiger partial charge in [-0.2, -0.15) is 0 Å². The van der Waals surface area contributed by atoms with Crippen molar-refractivity contribution in [2.45, 2.75) is 0 Å². The third-order valence-electron chi connectivity index (χ3n) is 11.3. The summed E-state index contributed by atoms with van der Waals surface area (Å²) in [5.41, 5.74) is 13.3. The zero-order valence-electron chi connectivity index (χ0n) is 30.2. The summed E-state index contributed by atoms with van der Waals surface area (Å²) < 4.78 is 2.49. The fourth-order valence-corrected chi connectivity index (χ4v) is 8.98. The fraction of sp³-hybridized carbons (Fsp3) is 0. The molecule has 11 aromatic rings. The highest BCUT2D eigenvalue weighted by molar-refractivity contribution is 6.30. The Kier molecular flexibility index (Phi) is 7.25. The van der Waals surface area contributed by atoms with E-state index in [1.54, 1.807) is 0 Å². The van der Waals surface area contributed by atoms with Crippen LogP contribution >= 0.6 is 0 Å². The van der Waals surface area contributed by atoms with E-state index < -0.39 is 0 Å². The molecule has 0 bridgehead atoms. The first-order chi connectivity index (χ1) is 27.3. The summed E-state index contributed by atoms with van der Waals surface area (Å²) in [4.78, 5) is 0. The number of benzene rings is 10. The Labute approximate surface area is 320 Å². The fourth-order valence-electron chi connectivity index (χ4n) is 8.98. The first kappa shape index (κ1) is 31.3. The molecule has 0 saturated carbocycles. The molecule has 1 heterocycles. The smallest absolute Gasteiger partial charge is 0.0626 e. The normalized spacial score (nSPS) is 11.6. The first-order valence-electron chi connectivity index (χ1n) is 19.0. The summed E-state index contributed by atoms with van der Waals surface area (Å²) in [6, 6.07) is 77.9. The molecule has 0 atom stereocenters. The van der Waals surface area contributed by atoms with Crippen molar-refractivity contribution in [3.8, 4) is 50.2 Å². The molecule has 1 nitrogen and oxygen atoms in total. The Morgan fingerprint density at radius 1 is 0.291 bits per heavy atom. The van der Waals surface area contributed by atoms with E-state index in [0.29, 0.717) is 0 Å². The molecule has 10 aromatic carbocycles. The summed E-state index contributed by atoms with van der Waals surface area (Å²) in [6.07, 6.45) is 0. The Bertz CT molecular complexity index is 3220. The largest absolute Gasteiger partial charge is 0.309 e. The van der Waals surface area contributed by atoms with Crippen LogP contribution in [0.3, 0.4) is 0 Å². The average Bonchev–Trinajstić information content (AvgIpc) is 3.61. The van der Waals surface area contributed by atoms with E-state index in [-0.39, 0.29) is 0 Å². The highest BCUT2D eigenvalue weighted by atomic mass is 15.0. The summed E-state index contributed by atoms with van der Waals surface area (Å²) in [7, 11) is 0. The van der Waals surface area contributed by atoms with Crippen LogP contribution in [-0.2, 0) is 0 Å². The van der Waals surface area contributed by atoms with Crippen molar-refractivity contribution in [3.63, 3.8) is 0 Å². The number of fused-ring (bicyclic) bond motifs is 7. The number of rotatable bonds is 5. The number of hydrogen-bond donors (Lipinski definition) is 0. The maximum atomic E-state index is 2.49. The number of aromatic nitrogens is 1. The van der Waals surface area contributed by atoms with E-state index in [0.717, 1.165) is 5.69 Å². The van der Waals surface area contributed by atoms with Gasteiger partial charge in [0.2, 0.25) is 0 Å². The zero-order chi connectivity index (χ0) is 36.3. The number of para-hydroxylation sites is 2. The second-order valence-corrected chi connectivity index (χ2v) is 14.4. The summed E-state index contributed by atoms with van der Waals surface area (Å²) in [5, 5.41) is 9.97. The minimum atomic E-state index is 1.15. The van der Waals surface area contributed by atoms with Crippen LogP contribution in [0.4, 0.5) is 0 Å². The quantitative estimate of drug-likeness (QED) is 0.158. The van der Waals surface area contributed by atoms with Crippen LogP contribution in [0, 0.1) is 0 Å². The van der Waals surface area contributed by atoms with Crippen molar-refractivity contribution < 1.29 is 0 Å². The molecular formula is C54H35N. The summed E-state index contributed by atoms with van der Waals surface area (Å²) in [6.45, 7) is 0. The molecule has 0 amide bonds. The minimum Gasteiger partial charge on any atom is -0.309 e. The third-order valence-corrected chi connectivity index (χ3v) is 11.3. The van der Waals surface area contributed by atoms with Crippen molar-refractivity contribution in [3.05, 3.63) is 212 Å². The highest BCUT2D eigenvalue weighted by Gasteiger charge is 2.23. The van der Waals surface area contributed by atoms with Crippen LogP contribution in [0.1, 0.15) is 0 Å². The van der Waals surface area contributed by atoms with Crippen LogP contribution in [0.5, 0.6) is 0 Å². The molecule has 0 radical (unpaired) electrons. The molecule has 256 valence electrons. The lowest BCUT2D eigenvalue weighted by molar-refractivity contribution is 1.19. The van der Waals surface area contributed by atoms with E-state index in [9.17, 15) is 0 Å². The Balaban J connectivity index is 1.35. The molecule has 11 rings (SSSR count). The lowest BCUT2D eigenvalue weighted by atomic mass is 9.83. The average molecular weight is 698 g/mol. The molecule has 0 spiro atoms. The highest BCUT2D eigenvalue weighted by Crippen LogP contribution is 2.49. The van der Waals surface area contributed by atoms with E-state index in [2.05, 4.69) is 217 Å². The van der Waals surface area contributed by atoms with Crippen LogP contribution in [0.25, 0.3) is 104 Å². The van der Waals surface area contributed by atoms with Crippen molar-refractivity contribution in [1.82, 2.24) is 4.57 Å². The van der Waals surface area contributed by atoms with Crippen LogP contribution in [0.15, 0.2) is 212 Å². The van der Waals surface area contributed by atoms with Gasteiger partial charge in [0.15, 0.2) is 0 Å². The van der Waals surface area contributed by atoms with Gasteiger partial charge in [-0.1, -0.05) is 176 Å². The zero-order valence-corrected chi connectivity index (χ0v) is 30.2. The van der Waals surface area contributed by atoms with Gasteiger partial charge in [0.1, 0.15) is 0 Å². The molecule has 0 unspecified atom stereocenters. The SMILES string of the molecule is c1ccc(-c2cc(-c3cccc4ccccc34)cc(-c3c4ccccc4c(-c4ccccc4)c4c3ccc3c5ccccc5n(-c5ccccc5)c34)c2)cc1. The molecule has 0 fully saturated rings. The molecule has 0 aliphatic carbocycles. The van der Waals surface area contributed by atoms with Crippen molar-refractivity contribution in [1.29, 1.82) is 0 Å². The first-order valence-corrected chi connectivity index (χ1v) is 19.0. The second kappa shape index (κ2) is 12.7. The van der Waals surface area contributed by atoms with Gasteiger partial charge >= 0.3 is 0 Å². The van der Waals surface area contributed by atoms with Gasteiger partial charge in [-0.15, -0.1) is 0 Å². The summed E-state index contributed by atoms with van der Waals surface area (Å²) in [5.74, 6) is 0. The monoisotopic (exact) mass is 697 g/mol. The van der Waals surface area contributed by atoms with Gasteiger partial charge in [-0.3, -0.25) is 0 Å². The summed E-state index contributed by atoms with van der Waals surface area (Å²) >= 11 is 0. The van der Waals surface area contributed by atoms with E-state index in [1.807, 2.05) is 0 Å². The van der Waals surface area contributed by atoms with Gasteiger partial charge in [0.25, 0.3) is 0 Å². The minimum absolute atomic E-state index is 1.15. The molecule has 1 aromatic heterocycles. The molecule has 0 aliphatic heterocycles. The Morgan fingerprint density at radius 2 is 0.836 bits per heavy atom. The van der Waals surface area contributed by atoms with E-state index in [4.69, 9.17) is 0 Å². The maximum absolute atomic E-state index is 2.49. The van der Waals surface area contributed by atoms with Crippen molar-refractivity contribution in [2.24, 2.45) is 0 Å². The van der Waals surface area contributed by atoms with Crippen molar-refractivity contribution >= 4 is 54.1 Å². The molecular weight excluding hydrogens is 663 g/mol. The van der Waals surface area contributed by atoms with Gasteiger partial charge in [-0.05, 0) is 108 Å². The lowest BCUT2D eigenvalue weighted by Crippen LogP contribution is -1.97.